The smallest absolute Gasteiger partial charge is 0.224 e. The second-order valence-electron chi connectivity index (χ2n) is 7.27. The van der Waals surface area contributed by atoms with Crippen LogP contribution in [0, 0.1) is 17.7 Å². The molecule has 0 aliphatic carbocycles. The van der Waals surface area contributed by atoms with E-state index in [9.17, 15) is 9.18 Å². The first-order chi connectivity index (χ1) is 12.7. The summed E-state index contributed by atoms with van der Waals surface area (Å²) in [6, 6.07) is 6.69. The van der Waals surface area contributed by atoms with Crippen LogP contribution in [-0.2, 0) is 17.8 Å². The number of halogens is 3. The Bertz CT molecular complexity index is 800. The molecule has 0 saturated carbocycles. The van der Waals surface area contributed by atoms with Crippen LogP contribution in [0.4, 0.5) is 4.39 Å². The summed E-state index contributed by atoms with van der Waals surface area (Å²) in [4.78, 5) is 19.3. The molecule has 2 aliphatic heterocycles. The number of carbonyl (C=O) groups excluding carboxylic acids is 1. The molecule has 5 nitrogen and oxygen atoms in total. The molecule has 8 heteroatoms. The van der Waals surface area contributed by atoms with Gasteiger partial charge in [0.25, 0.3) is 0 Å². The Morgan fingerprint density at radius 2 is 2.14 bits per heavy atom. The molecule has 28 heavy (non-hydrogen) atoms. The van der Waals surface area contributed by atoms with Gasteiger partial charge in [0.15, 0.2) is 0 Å². The van der Waals surface area contributed by atoms with Gasteiger partial charge in [-0.15, -0.1) is 24.8 Å². The third-order valence-corrected chi connectivity index (χ3v) is 5.76. The number of imidazole rings is 1. The lowest BCUT2D eigenvalue weighted by Crippen LogP contribution is -2.35. The number of hydrogen-bond acceptors (Lipinski definition) is 3. The van der Waals surface area contributed by atoms with Gasteiger partial charge in [-0.2, -0.15) is 0 Å². The van der Waals surface area contributed by atoms with Crippen molar-refractivity contribution in [2.24, 2.45) is 11.8 Å². The Morgan fingerprint density at radius 3 is 2.89 bits per heavy atom. The minimum atomic E-state index is -0.240. The number of benzene rings is 1. The summed E-state index contributed by atoms with van der Waals surface area (Å²) in [6.07, 6.45) is 5.01. The van der Waals surface area contributed by atoms with E-state index in [1.165, 1.54) is 6.07 Å². The minimum absolute atomic E-state index is 0. The summed E-state index contributed by atoms with van der Waals surface area (Å²) in [5.41, 5.74) is 0.909. The van der Waals surface area contributed by atoms with Gasteiger partial charge >= 0.3 is 0 Å². The summed E-state index contributed by atoms with van der Waals surface area (Å²) in [5.74, 6) is 1.72. The largest absolute Gasteiger partial charge is 0.335 e. The quantitative estimate of drug-likeness (QED) is 0.794. The highest BCUT2D eigenvalue weighted by Crippen LogP contribution is 2.43. The molecule has 0 spiro atoms. The van der Waals surface area contributed by atoms with Gasteiger partial charge in [0.1, 0.15) is 11.6 Å². The summed E-state index contributed by atoms with van der Waals surface area (Å²) >= 11 is 0. The molecule has 2 fully saturated rings. The molecular formula is C20H27Cl2FN4O. The van der Waals surface area contributed by atoms with Crippen LogP contribution in [0.1, 0.15) is 30.8 Å². The first kappa shape index (κ1) is 22.7. The maximum Gasteiger partial charge on any atom is 0.224 e. The van der Waals surface area contributed by atoms with Crippen LogP contribution in [0.5, 0.6) is 0 Å². The lowest BCUT2D eigenvalue weighted by Gasteiger charge is -2.28. The van der Waals surface area contributed by atoms with Gasteiger partial charge in [-0.25, -0.2) is 9.37 Å². The number of fused-ring (bicyclic) bond motifs is 1. The third-order valence-electron chi connectivity index (χ3n) is 5.76. The summed E-state index contributed by atoms with van der Waals surface area (Å²) < 4.78 is 15.8. The summed E-state index contributed by atoms with van der Waals surface area (Å²) in [7, 11) is 0. The Morgan fingerprint density at radius 1 is 1.32 bits per heavy atom. The summed E-state index contributed by atoms with van der Waals surface area (Å²) in [6.45, 7) is 5.28. The molecule has 1 aromatic heterocycles. The van der Waals surface area contributed by atoms with Crippen LogP contribution < -0.4 is 5.32 Å². The van der Waals surface area contributed by atoms with Gasteiger partial charge < -0.3 is 14.8 Å². The molecule has 2 aromatic rings. The fourth-order valence-corrected chi connectivity index (χ4v) is 4.51. The minimum Gasteiger partial charge on any atom is -0.335 e. The molecule has 3 atom stereocenters. The van der Waals surface area contributed by atoms with Crippen LogP contribution in [0.25, 0.3) is 0 Å². The molecule has 3 heterocycles. The molecule has 0 radical (unpaired) electrons. The van der Waals surface area contributed by atoms with Gasteiger partial charge in [-0.3, -0.25) is 4.79 Å². The van der Waals surface area contributed by atoms with Crippen molar-refractivity contribution in [2.45, 2.75) is 32.4 Å². The third kappa shape index (κ3) is 4.34. The fraction of sp³-hybridized carbons (Fsp3) is 0.500. The standard InChI is InChI=1S/C20H25FN4O.2ClH/c1-2-18-23-7-9-24(18)8-6-19(26)25-13-15-11-22-12-17(15)20(25)14-4-3-5-16(21)10-14;;/h3-5,7,9-10,15,17,20,22H,2,6,8,11-13H2,1H3;2*1H/t15-,17-,20-;;/m0../s1. The van der Waals surface area contributed by atoms with Gasteiger partial charge in [0.2, 0.25) is 5.91 Å². The number of likely N-dealkylation sites (tertiary alicyclic amines) is 1. The first-order valence-electron chi connectivity index (χ1n) is 9.43. The molecule has 0 bridgehead atoms. The fourth-order valence-electron chi connectivity index (χ4n) is 4.51. The van der Waals surface area contributed by atoms with Crippen molar-refractivity contribution < 1.29 is 9.18 Å². The summed E-state index contributed by atoms with van der Waals surface area (Å²) in [5, 5.41) is 3.42. The monoisotopic (exact) mass is 428 g/mol. The van der Waals surface area contributed by atoms with Crippen molar-refractivity contribution in [1.29, 1.82) is 0 Å². The molecular weight excluding hydrogens is 402 g/mol. The van der Waals surface area contributed by atoms with Crippen molar-refractivity contribution in [3.63, 3.8) is 0 Å². The zero-order valence-electron chi connectivity index (χ0n) is 15.9. The molecule has 1 amide bonds. The van der Waals surface area contributed by atoms with Crippen LogP contribution >= 0.6 is 24.8 Å². The first-order valence-corrected chi connectivity index (χ1v) is 9.43. The van der Waals surface area contributed by atoms with E-state index in [4.69, 9.17) is 0 Å². The number of aromatic nitrogens is 2. The lowest BCUT2D eigenvalue weighted by molar-refractivity contribution is -0.132. The van der Waals surface area contributed by atoms with E-state index < -0.39 is 0 Å². The maximum absolute atomic E-state index is 13.8. The molecule has 1 aromatic carbocycles. The average molecular weight is 429 g/mol. The van der Waals surface area contributed by atoms with Crippen molar-refractivity contribution >= 4 is 30.7 Å². The number of nitrogens with one attached hydrogen (secondary N) is 1. The topological polar surface area (TPSA) is 50.2 Å². The van der Waals surface area contributed by atoms with Crippen molar-refractivity contribution in [3.8, 4) is 0 Å². The van der Waals surface area contributed by atoms with E-state index in [-0.39, 0.29) is 42.6 Å². The number of aryl methyl sites for hydroxylation is 2. The van der Waals surface area contributed by atoms with Crippen molar-refractivity contribution in [2.75, 3.05) is 19.6 Å². The second kappa shape index (κ2) is 9.72. The van der Waals surface area contributed by atoms with E-state index in [1.54, 1.807) is 18.3 Å². The molecule has 4 rings (SSSR count). The van der Waals surface area contributed by atoms with E-state index in [0.717, 1.165) is 37.4 Å². The zero-order valence-corrected chi connectivity index (χ0v) is 17.5. The zero-order chi connectivity index (χ0) is 18.1. The Kier molecular flexibility index (Phi) is 7.87. The number of carbonyl (C=O) groups is 1. The maximum atomic E-state index is 13.8. The van der Waals surface area contributed by atoms with Crippen molar-refractivity contribution in [3.05, 3.63) is 53.9 Å². The van der Waals surface area contributed by atoms with Crippen LogP contribution in [0.2, 0.25) is 0 Å². The van der Waals surface area contributed by atoms with Crippen molar-refractivity contribution in [1.82, 2.24) is 19.8 Å². The van der Waals surface area contributed by atoms with E-state index in [0.29, 0.717) is 24.8 Å². The molecule has 2 aliphatic rings. The second-order valence-corrected chi connectivity index (χ2v) is 7.27. The van der Waals surface area contributed by atoms with Gasteiger partial charge in [-0.05, 0) is 23.6 Å². The van der Waals surface area contributed by atoms with Gasteiger partial charge in [0.05, 0.1) is 6.04 Å². The highest BCUT2D eigenvalue weighted by molar-refractivity contribution is 5.85. The lowest BCUT2D eigenvalue weighted by atomic mass is 9.89. The Hall–Kier alpha value is -1.63. The molecule has 0 unspecified atom stereocenters. The van der Waals surface area contributed by atoms with Crippen LogP contribution in [0.15, 0.2) is 36.7 Å². The predicted molar refractivity (Wildman–Crippen MR) is 111 cm³/mol. The number of amides is 1. The normalized spacial score (nSPS) is 23.1. The molecule has 1 N–H and O–H groups in total. The van der Waals surface area contributed by atoms with Crippen LogP contribution in [0.3, 0.4) is 0 Å². The van der Waals surface area contributed by atoms with E-state index in [1.807, 2.05) is 21.7 Å². The highest BCUT2D eigenvalue weighted by atomic mass is 35.5. The van der Waals surface area contributed by atoms with Gasteiger partial charge in [-0.1, -0.05) is 19.1 Å². The van der Waals surface area contributed by atoms with Gasteiger partial charge in [0, 0.05) is 57.3 Å². The molecule has 2 saturated heterocycles. The number of hydrogen-bond donors (Lipinski definition) is 1. The van der Waals surface area contributed by atoms with E-state index >= 15 is 0 Å². The SMILES string of the molecule is CCc1nccn1CCC(=O)N1C[C@@H]2CNC[C@@H]2[C@@H]1c1cccc(F)c1.Cl.Cl. The number of rotatable bonds is 5. The Labute approximate surface area is 177 Å². The average Bonchev–Trinajstić information content (AvgIpc) is 3.34. The number of nitrogens with zero attached hydrogens (tertiary/aromatic N) is 3. The Balaban J connectivity index is 0.00000140. The van der Waals surface area contributed by atoms with E-state index in [2.05, 4.69) is 17.2 Å². The molecule has 154 valence electrons. The predicted octanol–water partition coefficient (Wildman–Crippen LogP) is 3.24. The van der Waals surface area contributed by atoms with Crippen LogP contribution in [-0.4, -0.2) is 40.0 Å². The highest BCUT2D eigenvalue weighted by Gasteiger charge is 2.46.